The van der Waals surface area contributed by atoms with Crippen molar-refractivity contribution in [1.82, 2.24) is 4.98 Å². The average molecular weight is 297 g/mol. The summed E-state index contributed by atoms with van der Waals surface area (Å²) in [6.45, 7) is 4.25. The maximum Gasteiger partial charge on any atom is 0.141 e. The minimum Gasteiger partial charge on any atom is -0.487 e. The smallest absolute Gasteiger partial charge is 0.141 e. The molecule has 0 amide bonds. The molecule has 0 spiro atoms. The van der Waals surface area contributed by atoms with Crippen molar-refractivity contribution >= 4 is 12.4 Å². The molecule has 5 heteroatoms. The van der Waals surface area contributed by atoms with Gasteiger partial charge in [0.2, 0.25) is 0 Å². The Bertz CT molecular complexity index is 558. The molecule has 1 aromatic heterocycles. The number of ether oxygens (including phenoxy) is 1. The van der Waals surface area contributed by atoms with Crippen LogP contribution >= 0.6 is 12.4 Å². The standard InChI is InChI=1S/C15H17FN2O.ClH/c1-10-14(11(2)17)7-18-8-15(10)19-9-12-3-5-13(16)6-4-12;/h3-8,11H,9,17H2,1-2H3;1H. The summed E-state index contributed by atoms with van der Waals surface area (Å²) in [6.07, 6.45) is 3.43. The second kappa shape index (κ2) is 7.22. The van der Waals surface area contributed by atoms with E-state index in [1.807, 2.05) is 13.8 Å². The molecule has 20 heavy (non-hydrogen) atoms. The Hall–Kier alpha value is -1.65. The Labute approximate surface area is 124 Å². The lowest BCUT2D eigenvalue weighted by Gasteiger charge is -2.14. The van der Waals surface area contributed by atoms with Gasteiger partial charge in [-0.05, 0) is 42.7 Å². The molecule has 108 valence electrons. The molecule has 1 heterocycles. The average Bonchev–Trinajstić information content (AvgIpc) is 2.39. The topological polar surface area (TPSA) is 48.1 Å². The molecular weight excluding hydrogens is 279 g/mol. The molecule has 2 aromatic rings. The predicted octanol–water partition coefficient (Wildman–Crippen LogP) is 3.55. The summed E-state index contributed by atoms with van der Waals surface area (Å²) in [4.78, 5) is 4.13. The third-order valence-electron chi connectivity index (χ3n) is 3.01. The second-order valence-electron chi connectivity index (χ2n) is 4.56. The molecule has 1 aromatic carbocycles. The van der Waals surface area contributed by atoms with E-state index in [4.69, 9.17) is 10.5 Å². The van der Waals surface area contributed by atoms with Gasteiger partial charge in [0.1, 0.15) is 18.2 Å². The molecule has 0 saturated heterocycles. The highest BCUT2D eigenvalue weighted by Gasteiger charge is 2.09. The fourth-order valence-corrected chi connectivity index (χ4v) is 1.87. The fraction of sp³-hybridized carbons (Fsp3) is 0.267. The minimum atomic E-state index is -0.249. The maximum absolute atomic E-state index is 12.8. The number of halogens is 2. The van der Waals surface area contributed by atoms with E-state index in [-0.39, 0.29) is 24.3 Å². The van der Waals surface area contributed by atoms with E-state index in [2.05, 4.69) is 4.98 Å². The van der Waals surface area contributed by atoms with E-state index in [9.17, 15) is 4.39 Å². The van der Waals surface area contributed by atoms with Crippen molar-refractivity contribution in [2.45, 2.75) is 26.5 Å². The molecule has 0 fully saturated rings. The molecule has 3 nitrogen and oxygen atoms in total. The monoisotopic (exact) mass is 296 g/mol. The first-order valence-electron chi connectivity index (χ1n) is 6.15. The number of hydrogen-bond donors (Lipinski definition) is 1. The summed E-state index contributed by atoms with van der Waals surface area (Å²) in [5, 5.41) is 0. The molecular formula is C15H18ClFN2O. The van der Waals surface area contributed by atoms with Crippen molar-refractivity contribution in [2.24, 2.45) is 5.73 Å². The van der Waals surface area contributed by atoms with Gasteiger partial charge >= 0.3 is 0 Å². The van der Waals surface area contributed by atoms with Gasteiger partial charge in [-0.15, -0.1) is 12.4 Å². The predicted molar refractivity (Wildman–Crippen MR) is 79.6 cm³/mol. The Morgan fingerprint density at radius 2 is 1.90 bits per heavy atom. The number of aromatic nitrogens is 1. The largest absolute Gasteiger partial charge is 0.487 e. The highest BCUT2D eigenvalue weighted by atomic mass is 35.5. The first-order chi connectivity index (χ1) is 9.08. The lowest BCUT2D eigenvalue weighted by Crippen LogP contribution is -2.09. The number of nitrogens with zero attached hydrogens (tertiary/aromatic N) is 1. The first-order valence-corrected chi connectivity index (χ1v) is 6.15. The van der Waals surface area contributed by atoms with Gasteiger partial charge in [0.25, 0.3) is 0 Å². The summed E-state index contributed by atoms with van der Waals surface area (Å²) < 4.78 is 18.5. The number of benzene rings is 1. The van der Waals surface area contributed by atoms with Crippen LogP contribution in [-0.2, 0) is 6.61 Å². The van der Waals surface area contributed by atoms with Crippen molar-refractivity contribution < 1.29 is 9.13 Å². The van der Waals surface area contributed by atoms with Crippen molar-refractivity contribution in [2.75, 3.05) is 0 Å². The second-order valence-corrected chi connectivity index (χ2v) is 4.56. The van der Waals surface area contributed by atoms with E-state index in [1.165, 1.54) is 12.1 Å². The van der Waals surface area contributed by atoms with Crippen molar-refractivity contribution in [3.05, 3.63) is 59.2 Å². The van der Waals surface area contributed by atoms with E-state index < -0.39 is 0 Å². The van der Waals surface area contributed by atoms with Gasteiger partial charge in [-0.25, -0.2) is 4.39 Å². The summed E-state index contributed by atoms with van der Waals surface area (Å²) >= 11 is 0. The third kappa shape index (κ3) is 3.92. The van der Waals surface area contributed by atoms with Crippen LogP contribution < -0.4 is 10.5 Å². The first kappa shape index (κ1) is 16.4. The summed E-state index contributed by atoms with van der Waals surface area (Å²) in [5.41, 5.74) is 8.74. The fourth-order valence-electron chi connectivity index (χ4n) is 1.87. The Morgan fingerprint density at radius 3 is 2.50 bits per heavy atom. The molecule has 1 unspecified atom stereocenters. The van der Waals surface area contributed by atoms with Crippen molar-refractivity contribution in [1.29, 1.82) is 0 Å². The summed E-state index contributed by atoms with van der Waals surface area (Å²) in [6, 6.07) is 6.16. The molecule has 0 bridgehead atoms. The van der Waals surface area contributed by atoms with Crippen LogP contribution in [0.4, 0.5) is 4.39 Å². The van der Waals surface area contributed by atoms with Crippen LogP contribution in [0.5, 0.6) is 5.75 Å². The zero-order chi connectivity index (χ0) is 13.8. The summed E-state index contributed by atoms with van der Waals surface area (Å²) in [7, 11) is 0. The lowest BCUT2D eigenvalue weighted by atomic mass is 10.1. The Balaban J connectivity index is 0.00000200. The molecule has 1 atom stereocenters. The normalized spacial score (nSPS) is 11.6. The van der Waals surface area contributed by atoms with Gasteiger partial charge in [0, 0.05) is 12.2 Å². The van der Waals surface area contributed by atoms with Crippen LogP contribution in [0, 0.1) is 12.7 Å². The van der Waals surface area contributed by atoms with Crippen molar-refractivity contribution in [3.8, 4) is 5.75 Å². The molecule has 2 N–H and O–H groups in total. The molecule has 0 aliphatic carbocycles. The number of pyridine rings is 1. The van der Waals surface area contributed by atoms with E-state index in [1.54, 1.807) is 24.5 Å². The molecule has 2 rings (SSSR count). The quantitative estimate of drug-likeness (QED) is 0.938. The van der Waals surface area contributed by atoms with Crippen LogP contribution in [-0.4, -0.2) is 4.98 Å². The number of hydrogen-bond acceptors (Lipinski definition) is 3. The molecule has 0 aliphatic rings. The lowest BCUT2D eigenvalue weighted by molar-refractivity contribution is 0.302. The molecule has 0 radical (unpaired) electrons. The number of rotatable bonds is 4. The van der Waals surface area contributed by atoms with Gasteiger partial charge in [-0.1, -0.05) is 12.1 Å². The Kier molecular flexibility index (Phi) is 5.92. The summed E-state index contributed by atoms with van der Waals surface area (Å²) in [5.74, 6) is 0.458. The van der Waals surface area contributed by atoms with E-state index in [0.717, 1.165) is 16.7 Å². The van der Waals surface area contributed by atoms with Gasteiger partial charge in [0.15, 0.2) is 0 Å². The highest BCUT2D eigenvalue weighted by molar-refractivity contribution is 5.85. The van der Waals surface area contributed by atoms with E-state index in [0.29, 0.717) is 12.4 Å². The van der Waals surface area contributed by atoms with Gasteiger partial charge < -0.3 is 10.5 Å². The van der Waals surface area contributed by atoms with Gasteiger partial charge in [-0.3, -0.25) is 4.98 Å². The van der Waals surface area contributed by atoms with Gasteiger partial charge in [0.05, 0.1) is 6.20 Å². The van der Waals surface area contributed by atoms with Crippen LogP contribution in [0.15, 0.2) is 36.7 Å². The SMILES string of the molecule is Cc1c(OCc2ccc(F)cc2)cncc1C(C)N.Cl. The maximum atomic E-state index is 12.8. The zero-order valence-corrected chi connectivity index (χ0v) is 12.3. The third-order valence-corrected chi connectivity index (χ3v) is 3.01. The van der Waals surface area contributed by atoms with Gasteiger partial charge in [-0.2, -0.15) is 0 Å². The van der Waals surface area contributed by atoms with Crippen molar-refractivity contribution in [3.63, 3.8) is 0 Å². The Morgan fingerprint density at radius 1 is 1.25 bits per heavy atom. The number of nitrogens with two attached hydrogens (primary N) is 1. The minimum absolute atomic E-state index is 0. The van der Waals surface area contributed by atoms with Crippen LogP contribution in [0.1, 0.15) is 29.7 Å². The van der Waals surface area contributed by atoms with Crippen LogP contribution in [0.2, 0.25) is 0 Å². The molecule has 0 saturated carbocycles. The highest BCUT2D eigenvalue weighted by Crippen LogP contribution is 2.24. The molecule has 0 aliphatic heterocycles. The van der Waals surface area contributed by atoms with E-state index >= 15 is 0 Å². The zero-order valence-electron chi connectivity index (χ0n) is 11.5. The van der Waals surface area contributed by atoms with Crippen LogP contribution in [0.25, 0.3) is 0 Å². The van der Waals surface area contributed by atoms with Crippen LogP contribution in [0.3, 0.4) is 0 Å².